The van der Waals surface area contributed by atoms with Gasteiger partial charge in [0.2, 0.25) is 0 Å². The van der Waals surface area contributed by atoms with Crippen LogP contribution in [0.15, 0.2) is 17.5 Å². The number of hydrogen-bond donors (Lipinski definition) is 1. The zero-order chi connectivity index (χ0) is 8.97. The smallest absolute Gasteiger partial charge is 0.0896 e. The molecule has 1 N–H and O–H groups in total. The highest BCUT2D eigenvalue weighted by Crippen LogP contribution is 2.10. The Bertz CT molecular complexity index is 316. The average Bonchev–Trinajstić information content (AvgIpc) is 2.37. The van der Waals surface area contributed by atoms with Crippen LogP contribution >= 0.6 is 9.39 Å². The Kier molecular flexibility index (Phi) is 3.00. The van der Waals surface area contributed by atoms with Gasteiger partial charge in [-0.1, -0.05) is 0 Å². The average molecular weight is 183 g/mol. The molecule has 0 aliphatic heterocycles. The molecule has 4 nitrogen and oxygen atoms in total. The second kappa shape index (κ2) is 4.02. The molecule has 64 valence electrons. The van der Waals surface area contributed by atoms with Crippen molar-refractivity contribution < 1.29 is 5.11 Å². The monoisotopic (exact) mass is 183 g/mol. The van der Waals surface area contributed by atoms with Gasteiger partial charge in [-0.25, -0.2) is 4.45 Å². The van der Waals surface area contributed by atoms with Crippen LogP contribution in [-0.4, -0.2) is 27.9 Å². The van der Waals surface area contributed by atoms with Crippen molar-refractivity contribution in [2.45, 2.75) is 0 Å². The topological polar surface area (TPSA) is 50.4 Å². The summed E-state index contributed by atoms with van der Waals surface area (Å²) in [5.41, 5.74) is 1.67. The zero-order valence-electron chi connectivity index (χ0n) is 6.68. The van der Waals surface area contributed by atoms with Crippen LogP contribution in [0, 0.1) is 0 Å². The van der Waals surface area contributed by atoms with Crippen molar-refractivity contribution in [3.63, 3.8) is 0 Å². The lowest BCUT2D eigenvalue weighted by atomic mass is 10.2. The summed E-state index contributed by atoms with van der Waals surface area (Å²) in [7, 11) is 4.11. The summed E-state index contributed by atoms with van der Waals surface area (Å²) in [6, 6.07) is 0. The third kappa shape index (κ3) is 1.71. The van der Waals surface area contributed by atoms with Crippen molar-refractivity contribution in [2.24, 2.45) is 4.99 Å². The number of hydrogen-bond acceptors (Lipinski definition) is 3. The molecule has 0 radical (unpaired) electrons. The van der Waals surface area contributed by atoms with E-state index in [9.17, 15) is 0 Å². The Balaban J connectivity index is 3.12. The van der Waals surface area contributed by atoms with Crippen LogP contribution in [-0.2, 0) is 0 Å². The maximum atomic E-state index is 8.55. The molecule has 1 unspecified atom stereocenters. The van der Waals surface area contributed by atoms with Crippen molar-refractivity contribution in [3.05, 3.63) is 23.7 Å². The maximum Gasteiger partial charge on any atom is 0.0896 e. The molecule has 0 aromatic carbocycles. The molecule has 0 bridgehead atoms. The van der Waals surface area contributed by atoms with Gasteiger partial charge in [0, 0.05) is 18.8 Å². The first-order chi connectivity index (χ1) is 5.79. The molecule has 12 heavy (non-hydrogen) atoms. The molecule has 0 aliphatic carbocycles. The number of rotatable bonds is 2. The predicted octanol–water partition coefficient (Wildman–Crippen LogP) is 1.10. The molecular weight excluding hydrogens is 173 g/mol. The summed E-state index contributed by atoms with van der Waals surface area (Å²) >= 11 is 0. The van der Waals surface area contributed by atoms with Crippen LogP contribution < -0.4 is 0 Å². The van der Waals surface area contributed by atoms with Gasteiger partial charge in [0.05, 0.1) is 18.2 Å². The largest absolute Gasteiger partial charge is 0.516 e. The van der Waals surface area contributed by atoms with Crippen molar-refractivity contribution in [1.82, 2.24) is 9.55 Å². The molecule has 0 saturated heterocycles. The van der Waals surface area contributed by atoms with Gasteiger partial charge in [-0.3, -0.25) is 4.99 Å². The molecule has 1 rings (SSSR count). The summed E-state index contributed by atoms with van der Waals surface area (Å²) in [6.45, 7) is 0. The van der Waals surface area contributed by atoms with Gasteiger partial charge >= 0.3 is 0 Å². The molecule has 1 aromatic rings. The normalized spacial score (nSPS) is 11.8. The Morgan fingerprint density at radius 2 is 2.50 bits per heavy atom. The lowest BCUT2D eigenvalue weighted by Crippen LogP contribution is -1.91. The molecule has 1 atom stereocenters. The fraction of sp³-hybridized carbons (Fsp3) is 0.143. The third-order valence-electron chi connectivity index (χ3n) is 1.37. The maximum absolute atomic E-state index is 8.55. The number of aromatic nitrogens is 2. The van der Waals surface area contributed by atoms with Crippen LogP contribution in [0.1, 0.15) is 11.3 Å². The van der Waals surface area contributed by atoms with E-state index >= 15 is 0 Å². The number of nitrogens with zero attached hydrogens (tertiary/aromatic N) is 3. The van der Waals surface area contributed by atoms with Crippen molar-refractivity contribution in [2.75, 3.05) is 7.05 Å². The highest BCUT2D eigenvalue weighted by molar-refractivity contribution is 7.14. The van der Waals surface area contributed by atoms with Crippen LogP contribution in [0.4, 0.5) is 0 Å². The number of aliphatic hydroxyl groups is 1. The first-order valence-electron chi connectivity index (χ1n) is 3.35. The van der Waals surface area contributed by atoms with Gasteiger partial charge in [0.1, 0.15) is 0 Å². The Labute approximate surface area is 72.9 Å². The minimum Gasteiger partial charge on any atom is -0.516 e. The van der Waals surface area contributed by atoms with E-state index < -0.39 is 0 Å². The highest BCUT2D eigenvalue weighted by atomic mass is 31.0. The van der Waals surface area contributed by atoms with E-state index in [2.05, 4.69) is 19.5 Å². The third-order valence-corrected chi connectivity index (χ3v) is 1.78. The fourth-order valence-corrected chi connectivity index (χ4v) is 1.13. The zero-order valence-corrected chi connectivity index (χ0v) is 7.83. The second-order valence-electron chi connectivity index (χ2n) is 2.13. The van der Waals surface area contributed by atoms with Gasteiger partial charge in [0.25, 0.3) is 0 Å². The molecule has 0 aliphatic rings. The fourth-order valence-electron chi connectivity index (χ4n) is 0.850. The van der Waals surface area contributed by atoms with Crippen LogP contribution in [0.5, 0.6) is 0 Å². The van der Waals surface area contributed by atoms with Crippen LogP contribution in [0.25, 0.3) is 6.08 Å². The summed E-state index contributed by atoms with van der Waals surface area (Å²) in [6.07, 6.45) is 5.87. The Morgan fingerprint density at radius 1 is 1.75 bits per heavy atom. The van der Waals surface area contributed by atoms with E-state index in [1.807, 2.05) is 0 Å². The number of aliphatic imine (C=N–C) groups is 1. The highest BCUT2D eigenvalue weighted by Gasteiger charge is 2.01. The van der Waals surface area contributed by atoms with Gasteiger partial charge in [0.15, 0.2) is 0 Å². The van der Waals surface area contributed by atoms with E-state index in [-0.39, 0.29) is 0 Å². The lowest BCUT2D eigenvalue weighted by Gasteiger charge is -1.93. The minimum absolute atomic E-state index is 0.832. The molecular formula is C7H10N3OP. The van der Waals surface area contributed by atoms with Crippen molar-refractivity contribution in [3.8, 4) is 0 Å². The molecule has 1 heterocycles. The van der Waals surface area contributed by atoms with E-state index in [1.165, 1.54) is 0 Å². The van der Waals surface area contributed by atoms with Gasteiger partial charge in [-0.2, -0.15) is 5.10 Å². The second-order valence-corrected chi connectivity index (χ2v) is 2.62. The van der Waals surface area contributed by atoms with E-state index in [4.69, 9.17) is 5.11 Å². The van der Waals surface area contributed by atoms with Crippen molar-refractivity contribution >= 4 is 21.7 Å². The summed E-state index contributed by atoms with van der Waals surface area (Å²) in [4.78, 5) is 3.87. The summed E-state index contributed by atoms with van der Waals surface area (Å²) < 4.78 is 1.61. The number of aliphatic hydroxyl groups excluding tert-OH is 1. The standard InChI is InChI=1S/C7H10N3OP/c1-8-5-7-6(2-3-11)4-9-10(7)12/h2-5,11H,12H2,1H3/b3-2+,8-5?. The summed E-state index contributed by atoms with van der Waals surface area (Å²) in [5.74, 6) is 0. The predicted molar refractivity (Wildman–Crippen MR) is 52.5 cm³/mol. The van der Waals surface area contributed by atoms with Gasteiger partial charge in [-0.15, -0.1) is 0 Å². The van der Waals surface area contributed by atoms with Gasteiger partial charge in [-0.05, 0) is 15.5 Å². The first-order valence-corrected chi connectivity index (χ1v) is 3.87. The Hall–Kier alpha value is -1.15. The molecule has 0 fully saturated rings. The molecule has 0 spiro atoms. The minimum atomic E-state index is 0.832. The van der Waals surface area contributed by atoms with E-state index in [0.717, 1.165) is 17.5 Å². The first kappa shape index (κ1) is 8.94. The van der Waals surface area contributed by atoms with E-state index in [1.54, 1.807) is 30.0 Å². The van der Waals surface area contributed by atoms with Gasteiger partial charge < -0.3 is 5.11 Å². The molecule has 5 heteroatoms. The molecule has 0 amide bonds. The lowest BCUT2D eigenvalue weighted by molar-refractivity contribution is 0.478. The molecule has 1 aromatic heterocycles. The van der Waals surface area contributed by atoms with Crippen LogP contribution in [0.3, 0.4) is 0 Å². The Morgan fingerprint density at radius 3 is 3.08 bits per heavy atom. The van der Waals surface area contributed by atoms with Crippen molar-refractivity contribution in [1.29, 1.82) is 0 Å². The SMILES string of the molecule is CN=Cc1c(/C=C/O)cnn1P. The molecule has 0 saturated carbocycles. The van der Waals surface area contributed by atoms with Crippen LogP contribution in [0.2, 0.25) is 0 Å². The summed E-state index contributed by atoms with van der Waals surface area (Å²) in [5, 5.41) is 12.5. The van der Waals surface area contributed by atoms with E-state index in [0.29, 0.717) is 0 Å². The quantitative estimate of drug-likeness (QED) is 0.424.